The molecule has 0 bridgehead atoms. The summed E-state index contributed by atoms with van der Waals surface area (Å²) < 4.78 is 6.06. The summed E-state index contributed by atoms with van der Waals surface area (Å²) in [7, 11) is 0. The Morgan fingerprint density at radius 2 is 1.67 bits per heavy atom. The van der Waals surface area contributed by atoms with Gasteiger partial charge in [0.05, 0.1) is 17.8 Å². The summed E-state index contributed by atoms with van der Waals surface area (Å²) in [5, 5.41) is 6.43. The Bertz CT molecular complexity index is 1090. The first-order valence-corrected chi connectivity index (χ1v) is 11.3. The van der Waals surface area contributed by atoms with Crippen LogP contribution in [-0.2, 0) is 4.79 Å². The highest BCUT2D eigenvalue weighted by atomic mass is 35.5. The largest absolute Gasteiger partial charge is 0.489 e. The highest BCUT2D eigenvalue weighted by molar-refractivity contribution is 6.30. The monoisotopic (exact) mass is 463 g/mol. The molecule has 1 saturated heterocycles. The molecule has 3 aromatic rings. The van der Waals surface area contributed by atoms with E-state index in [0.717, 1.165) is 25.1 Å². The van der Waals surface area contributed by atoms with Gasteiger partial charge in [0.25, 0.3) is 5.91 Å². The van der Waals surface area contributed by atoms with Crippen LogP contribution in [0.15, 0.2) is 78.9 Å². The Morgan fingerprint density at radius 3 is 2.45 bits per heavy atom. The maximum absolute atomic E-state index is 12.8. The molecule has 0 aromatic heterocycles. The molecular weight excluding hydrogens is 438 g/mol. The Kier molecular flexibility index (Phi) is 7.60. The summed E-state index contributed by atoms with van der Waals surface area (Å²) in [5.41, 5.74) is 1.60. The van der Waals surface area contributed by atoms with Crippen molar-refractivity contribution in [1.29, 1.82) is 0 Å². The van der Waals surface area contributed by atoms with Crippen LogP contribution in [0.1, 0.15) is 23.2 Å². The van der Waals surface area contributed by atoms with Gasteiger partial charge in [0.1, 0.15) is 11.9 Å². The SMILES string of the molecule is O=C(CN1CCCC(Oc2ccc(Cl)cc2)C1)Nc1ccccc1C(=O)Nc1ccccc1. The molecule has 6 nitrogen and oxygen atoms in total. The van der Waals surface area contributed by atoms with E-state index in [9.17, 15) is 9.59 Å². The number of carbonyl (C=O) groups excluding carboxylic acids is 2. The van der Waals surface area contributed by atoms with Crippen LogP contribution in [0.2, 0.25) is 5.02 Å². The van der Waals surface area contributed by atoms with Crippen molar-refractivity contribution in [3.05, 3.63) is 89.4 Å². The Labute approximate surface area is 198 Å². The van der Waals surface area contributed by atoms with E-state index in [0.29, 0.717) is 28.5 Å². The van der Waals surface area contributed by atoms with Crippen LogP contribution in [0, 0.1) is 0 Å². The minimum Gasteiger partial charge on any atom is -0.489 e. The van der Waals surface area contributed by atoms with E-state index in [1.165, 1.54) is 0 Å². The van der Waals surface area contributed by atoms with Crippen molar-refractivity contribution < 1.29 is 14.3 Å². The summed E-state index contributed by atoms with van der Waals surface area (Å²) in [4.78, 5) is 27.6. The van der Waals surface area contributed by atoms with Crippen molar-refractivity contribution in [1.82, 2.24) is 4.90 Å². The van der Waals surface area contributed by atoms with Crippen LogP contribution in [0.25, 0.3) is 0 Å². The molecule has 3 aromatic carbocycles. The maximum atomic E-state index is 12.8. The molecule has 2 N–H and O–H groups in total. The minimum atomic E-state index is -0.272. The van der Waals surface area contributed by atoms with Crippen LogP contribution < -0.4 is 15.4 Å². The number of piperidine rings is 1. The van der Waals surface area contributed by atoms with Gasteiger partial charge < -0.3 is 15.4 Å². The zero-order chi connectivity index (χ0) is 23.0. The number of hydrogen-bond acceptors (Lipinski definition) is 4. The molecule has 33 heavy (non-hydrogen) atoms. The zero-order valence-corrected chi connectivity index (χ0v) is 18.9. The number of hydrogen-bond donors (Lipinski definition) is 2. The van der Waals surface area contributed by atoms with Gasteiger partial charge in [-0.15, -0.1) is 0 Å². The summed E-state index contributed by atoms with van der Waals surface area (Å²) in [5.74, 6) is 0.336. The van der Waals surface area contributed by atoms with Crippen molar-refractivity contribution in [2.45, 2.75) is 18.9 Å². The van der Waals surface area contributed by atoms with Gasteiger partial charge in [-0.1, -0.05) is 41.9 Å². The average Bonchev–Trinajstić information content (AvgIpc) is 2.82. The number of benzene rings is 3. The smallest absolute Gasteiger partial charge is 0.257 e. The lowest BCUT2D eigenvalue weighted by molar-refractivity contribution is -0.117. The summed E-state index contributed by atoms with van der Waals surface area (Å²) >= 11 is 5.94. The third-order valence-corrected chi connectivity index (χ3v) is 5.68. The van der Waals surface area contributed by atoms with Crippen molar-refractivity contribution >= 4 is 34.8 Å². The standard InChI is InChI=1S/C26H26ClN3O3/c27-19-12-14-21(15-13-19)33-22-9-6-16-30(17-22)18-25(31)29-24-11-5-4-10-23(24)26(32)28-20-7-2-1-3-8-20/h1-5,7-8,10-15,22H,6,9,16-18H2,(H,28,32)(H,29,31). The van der Waals surface area contributed by atoms with E-state index in [2.05, 4.69) is 15.5 Å². The van der Waals surface area contributed by atoms with Crippen molar-refractivity contribution in [2.75, 3.05) is 30.3 Å². The molecule has 1 fully saturated rings. The second kappa shape index (κ2) is 11.0. The third kappa shape index (κ3) is 6.57. The van der Waals surface area contributed by atoms with Crippen LogP contribution in [0.3, 0.4) is 0 Å². The quantitative estimate of drug-likeness (QED) is 0.513. The summed E-state index contributed by atoms with van der Waals surface area (Å²) in [6, 6.07) is 23.5. The lowest BCUT2D eigenvalue weighted by Crippen LogP contribution is -2.44. The van der Waals surface area contributed by atoms with Gasteiger partial charge >= 0.3 is 0 Å². The maximum Gasteiger partial charge on any atom is 0.257 e. The van der Waals surface area contributed by atoms with E-state index in [-0.39, 0.29) is 24.5 Å². The van der Waals surface area contributed by atoms with Gasteiger partial charge in [-0.3, -0.25) is 14.5 Å². The first kappa shape index (κ1) is 22.8. The fourth-order valence-electron chi connectivity index (χ4n) is 3.86. The number of anilines is 2. The van der Waals surface area contributed by atoms with Crippen LogP contribution in [-0.4, -0.2) is 42.5 Å². The molecule has 1 aliphatic heterocycles. The number of halogens is 1. The number of rotatable bonds is 7. The molecule has 0 radical (unpaired) electrons. The van der Waals surface area contributed by atoms with Crippen LogP contribution in [0.4, 0.5) is 11.4 Å². The number of likely N-dealkylation sites (tertiary alicyclic amines) is 1. The number of nitrogens with zero attached hydrogens (tertiary/aromatic N) is 1. The molecule has 4 rings (SSSR count). The van der Waals surface area contributed by atoms with E-state index in [1.807, 2.05) is 42.5 Å². The molecule has 0 spiro atoms. The van der Waals surface area contributed by atoms with Crippen molar-refractivity contribution in [2.24, 2.45) is 0 Å². The molecule has 170 valence electrons. The zero-order valence-electron chi connectivity index (χ0n) is 18.2. The molecule has 1 unspecified atom stereocenters. The predicted octanol–water partition coefficient (Wildman–Crippen LogP) is 5.07. The summed E-state index contributed by atoms with van der Waals surface area (Å²) in [6.45, 7) is 1.71. The lowest BCUT2D eigenvalue weighted by atomic mass is 10.1. The van der Waals surface area contributed by atoms with E-state index >= 15 is 0 Å². The molecule has 0 aliphatic carbocycles. The summed E-state index contributed by atoms with van der Waals surface area (Å²) in [6.07, 6.45) is 1.89. The van der Waals surface area contributed by atoms with Gasteiger partial charge in [-0.05, 0) is 67.9 Å². The highest BCUT2D eigenvalue weighted by Gasteiger charge is 2.23. The first-order chi connectivity index (χ1) is 16.1. The third-order valence-electron chi connectivity index (χ3n) is 5.42. The second-order valence-electron chi connectivity index (χ2n) is 7.99. The number of carbonyl (C=O) groups is 2. The molecule has 1 aliphatic rings. The van der Waals surface area contributed by atoms with Crippen molar-refractivity contribution in [3.8, 4) is 5.75 Å². The average molecular weight is 464 g/mol. The van der Waals surface area contributed by atoms with Gasteiger partial charge in [0.2, 0.25) is 5.91 Å². The number of para-hydroxylation sites is 2. The normalized spacial score (nSPS) is 16.1. The topological polar surface area (TPSA) is 70.7 Å². The number of amides is 2. The van der Waals surface area contributed by atoms with Gasteiger partial charge in [0.15, 0.2) is 0 Å². The minimum absolute atomic E-state index is 0.0108. The van der Waals surface area contributed by atoms with Crippen LogP contribution in [0.5, 0.6) is 5.75 Å². The number of ether oxygens (including phenoxy) is 1. The highest BCUT2D eigenvalue weighted by Crippen LogP contribution is 2.21. The van der Waals surface area contributed by atoms with Crippen molar-refractivity contribution in [3.63, 3.8) is 0 Å². The molecule has 7 heteroatoms. The van der Waals surface area contributed by atoms with Gasteiger partial charge in [0, 0.05) is 17.3 Å². The Morgan fingerprint density at radius 1 is 0.939 bits per heavy atom. The van der Waals surface area contributed by atoms with Gasteiger partial charge in [-0.25, -0.2) is 0 Å². The first-order valence-electron chi connectivity index (χ1n) is 11.0. The second-order valence-corrected chi connectivity index (χ2v) is 8.42. The molecule has 0 saturated carbocycles. The predicted molar refractivity (Wildman–Crippen MR) is 131 cm³/mol. The fourth-order valence-corrected chi connectivity index (χ4v) is 3.99. The van der Waals surface area contributed by atoms with E-state index in [1.54, 1.807) is 36.4 Å². The molecular formula is C26H26ClN3O3. The molecule has 2 amide bonds. The van der Waals surface area contributed by atoms with Gasteiger partial charge in [-0.2, -0.15) is 0 Å². The van der Waals surface area contributed by atoms with E-state index in [4.69, 9.17) is 16.3 Å². The van der Waals surface area contributed by atoms with E-state index < -0.39 is 0 Å². The van der Waals surface area contributed by atoms with Crippen LogP contribution >= 0.6 is 11.6 Å². The lowest BCUT2D eigenvalue weighted by Gasteiger charge is -2.32. The molecule has 1 heterocycles. The molecule has 1 atom stereocenters. The Hall–Kier alpha value is -3.35. The fraction of sp³-hybridized carbons (Fsp3) is 0.231. The number of nitrogens with one attached hydrogen (secondary N) is 2. The Balaban J connectivity index is 1.34.